The van der Waals surface area contributed by atoms with E-state index in [1.807, 2.05) is 0 Å². The monoisotopic (exact) mass is 411 g/mol. The number of carbonyl (C=O) groups is 1. The Labute approximate surface area is 152 Å². The van der Waals surface area contributed by atoms with E-state index in [4.69, 9.17) is 0 Å². The average molecular weight is 411 g/mol. The number of rotatable bonds is 3. The second-order valence-electron chi connectivity index (χ2n) is 5.85. The van der Waals surface area contributed by atoms with Crippen LogP contribution in [-0.4, -0.2) is 46.5 Å². The van der Waals surface area contributed by atoms with Crippen molar-refractivity contribution in [2.75, 3.05) is 23.3 Å². The van der Waals surface area contributed by atoms with E-state index in [0.29, 0.717) is 0 Å². The molecule has 3 rings (SSSR count). The largest absolute Gasteiger partial charge is 0.404 e. The summed E-state index contributed by atoms with van der Waals surface area (Å²) >= 11 is 1.08. The van der Waals surface area contributed by atoms with Crippen LogP contribution in [0.2, 0.25) is 0 Å². The standard InChI is InChI=1S/C14H11F6N5OS/c15-13(16,17)12(14(18,19)20)3-4-25(6-12)9-2-1-8(5-21-9)10(26)23-11-24-22-7-27-11/h1-2,5,7H,3-4,6H2,(H,23,24,26). The lowest BCUT2D eigenvalue weighted by Gasteiger charge is -2.33. The molecule has 0 aromatic carbocycles. The molecule has 27 heavy (non-hydrogen) atoms. The quantitative estimate of drug-likeness (QED) is 0.783. The van der Waals surface area contributed by atoms with Crippen molar-refractivity contribution in [1.82, 2.24) is 15.2 Å². The summed E-state index contributed by atoms with van der Waals surface area (Å²) in [6, 6.07) is 2.47. The molecule has 1 N–H and O–H groups in total. The predicted octanol–water partition coefficient (Wildman–Crippen LogP) is 3.51. The van der Waals surface area contributed by atoms with Crippen LogP contribution in [0.3, 0.4) is 0 Å². The lowest BCUT2D eigenvalue weighted by atomic mass is 9.85. The number of hydrogen-bond acceptors (Lipinski definition) is 6. The molecule has 0 saturated carbocycles. The Kier molecular flexibility index (Phi) is 4.74. The molecule has 1 aliphatic rings. The number of carbonyl (C=O) groups excluding carboxylic acids is 1. The number of alkyl halides is 6. The van der Waals surface area contributed by atoms with E-state index in [1.54, 1.807) is 0 Å². The third-order valence-corrected chi connectivity index (χ3v) is 4.88. The van der Waals surface area contributed by atoms with E-state index in [-0.39, 0.29) is 16.5 Å². The fourth-order valence-corrected chi connectivity index (χ4v) is 3.17. The van der Waals surface area contributed by atoms with Gasteiger partial charge in [0.1, 0.15) is 11.3 Å². The van der Waals surface area contributed by atoms with Crippen molar-refractivity contribution in [1.29, 1.82) is 0 Å². The van der Waals surface area contributed by atoms with E-state index in [9.17, 15) is 31.1 Å². The highest BCUT2D eigenvalue weighted by Gasteiger charge is 2.72. The molecule has 146 valence electrons. The first kappa shape index (κ1) is 19.3. The van der Waals surface area contributed by atoms with E-state index >= 15 is 0 Å². The van der Waals surface area contributed by atoms with Crippen LogP contribution in [-0.2, 0) is 0 Å². The number of pyridine rings is 1. The fourth-order valence-electron chi connectivity index (χ4n) is 2.73. The summed E-state index contributed by atoms with van der Waals surface area (Å²) in [5.74, 6) is -0.648. The van der Waals surface area contributed by atoms with Crippen molar-refractivity contribution >= 4 is 28.2 Å². The second-order valence-corrected chi connectivity index (χ2v) is 6.69. The van der Waals surface area contributed by atoms with Gasteiger partial charge in [0.25, 0.3) is 5.91 Å². The van der Waals surface area contributed by atoms with Crippen LogP contribution in [0.25, 0.3) is 0 Å². The summed E-state index contributed by atoms with van der Waals surface area (Å²) in [6.45, 7) is -1.73. The molecule has 0 bridgehead atoms. The van der Waals surface area contributed by atoms with Crippen LogP contribution >= 0.6 is 11.3 Å². The zero-order chi connectivity index (χ0) is 19.9. The SMILES string of the molecule is O=C(Nc1nncs1)c1ccc(N2CCC(C(F)(F)F)(C(F)(F)F)C2)nc1. The Morgan fingerprint density at radius 3 is 2.37 bits per heavy atom. The smallest absolute Gasteiger partial charge is 0.355 e. The van der Waals surface area contributed by atoms with Gasteiger partial charge in [-0.05, 0) is 18.6 Å². The maximum absolute atomic E-state index is 13.1. The van der Waals surface area contributed by atoms with Gasteiger partial charge in [0.2, 0.25) is 5.13 Å². The third kappa shape index (κ3) is 3.55. The number of halogens is 6. The number of aromatic nitrogens is 3. The number of amides is 1. The van der Waals surface area contributed by atoms with Gasteiger partial charge in [-0.15, -0.1) is 10.2 Å². The van der Waals surface area contributed by atoms with Gasteiger partial charge in [-0.2, -0.15) is 26.3 Å². The lowest BCUT2D eigenvalue weighted by Crippen LogP contribution is -2.51. The van der Waals surface area contributed by atoms with Gasteiger partial charge in [0, 0.05) is 19.3 Å². The van der Waals surface area contributed by atoms with Crippen LogP contribution in [0, 0.1) is 5.41 Å². The van der Waals surface area contributed by atoms with Crippen molar-refractivity contribution in [3.8, 4) is 0 Å². The molecule has 1 fully saturated rings. The molecule has 3 heterocycles. The van der Waals surface area contributed by atoms with E-state index in [1.165, 1.54) is 17.6 Å². The molecular formula is C14H11F6N5OS. The van der Waals surface area contributed by atoms with Crippen LogP contribution in [0.1, 0.15) is 16.8 Å². The molecule has 6 nitrogen and oxygen atoms in total. The first-order valence-corrected chi connectivity index (χ1v) is 8.33. The minimum atomic E-state index is -5.43. The van der Waals surface area contributed by atoms with Gasteiger partial charge in [-0.1, -0.05) is 11.3 Å². The van der Waals surface area contributed by atoms with E-state index in [0.717, 1.165) is 22.4 Å². The topological polar surface area (TPSA) is 71.0 Å². The van der Waals surface area contributed by atoms with E-state index in [2.05, 4.69) is 20.5 Å². The van der Waals surface area contributed by atoms with Crippen LogP contribution in [0.4, 0.5) is 37.3 Å². The highest BCUT2D eigenvalue weighted by atomic mass is 32.1. The summed E-state index contributed by atoms with van der Waals surface area (Å²) in [5.41, 5.74) is -2.32. The molecule has 1 amide bonds. The first-order valence-electron chi connectivity index (χ1n) is 7.45. The molecule has 0 unspecified atom stereocenters. The van der Waals surface area contributed by atoms with Crippen molar-refractivity contribution in [3.63, 3.8) is 0 Å². The minimum absolute atomic E-state index is 0.0714. The maximum Gasteiger partial charge on any atom is 0.404 e. The van der Waals surface area contributed by atoms with Crippen molar-refractivity contribution in [2.24, 2.45) is 5.41 Å². The van der Waals surface area contributed by atoms with Gasteiger partial charge < -0.3 is 4.90 Å². The van der Waals surface area contributed by atoms with E-state index < -0.39 is 43.2 Å². The second kappa shape index (κ2) is 6.62. The normalized spacial score (nSPS) is 17.2. The third-order valence-electron chi connectivity index (χ3n) is 4.27. The van der Waals surface area contributed by atoms with Crippen LogP contribution in [0.5, 0.6) is 0 Å². The molecule has 0 radical (unpaired) electrons. The van der Waals surface area contributed by atoms with Gasteiger partial charge in [-0.3, -0.25) is 10.1 Å². The molecule has 0 atom stereocenters. The molecule has 13 heteroatoms. The van der Waals surface area contributed by atoms with Crippen LogP contribution in [0.15, 0.2) is 23.8 Å². The molecule has 0 aliphatic carbocycles. The number of nitrogens with one attached hydrogen (secondary N) is 1. The molecule has 1 aliphatic heterocycles. The summed E-state index contributed by atoms with van der Waals surface area (Å²) in [4.78, 5) is 16.7. The van der Waals surface area contributed by atoms with Gasteiger partial charge in [0.05, 0.1) is 5.56 Å². The number of nitrogens with zero attached hydrogens (tertiary/aromatic N) is 4. The highest BCUT2D eigenvalue weighted by Crippen LogP contribution is 2.55. The first-order chi connectivity index (χ1) is 12.5. The lowest BCUT2D eigenvalue weighted by molar-refractivity contribution is -0.332. The Morgan fingerprint density at radius 1 is 1.19 bits per heavy atom. The summed E-state index contributed by atoms with van der Waals surface area (Å²) in [7, 11) is 0. The van der Waals surface area contributed by atoms with Gasteiger partial charge in [0.15, 0.2) is 5.41 Å². The Balaban J connectivity index is 1.75. The molecule has 1 saturated heterocycles. The van der Waals surface area contributed by atoms with Crippen LogP contribution < -0.4 is 10.2 Å². The molecule has 0 spiro atoms. The maximum atomic E-state index is 13.1. The minimum Gasteiger partial charge on any atom is -0.355 e. The average Bonchev–Trinajstić information content (AvgIpc) is 3.23. The highest BCUT2D eigenvalue weighted by molar-refractivity contribution is 7.13. The Bertz CT molecular complexity index is 791. The predicted molar refractivity (Wildman–Crippen MR) is 83.5 cm³/mol. The molecule has 2 aromatic rings. The zero-order valence-electron chi connectivity index (χ0n) is 13.3. The zero-order valence-corrected chi connectivity index (χ0v) is 14.1. The molecular weight excluding hydrogens is 400 g/mol. The summed E-state index contributed by atoms with van der Waals surface area (Å²) < 4.78 is 78.7. The number of hydrogen-bond donors (Lipinski definition) is 1. The Hall–Kier alpha value is -2.44. The summed E-state index contributed by atoms with van der Waals surface area (Å²) in [5, 5.41) is 9.83. The van der Waals surface area contributed by atoms with Crippen molar-refractivity contribution in [3.05, 3.63) is 29.4 Å². The van der Waals surface area contributed by atoms with Gasteiger partial charge >= 0.3 is 12.4 Å². The molecule has 2 aromatic heterocycles. The fraction of sp³-hybridized carbons (Fsp3) is 0.429. The van der Waals surface area contributed by atoms with Crippen molar-refractivity contribution < 1.29 is 31.1 Å². The van der Waals surface area contributed by atoms with Gasteiger partial charge in [-0.25, -0.2) is 4.98 Å². The van der Waals surface area contributed by atoms with Crippen molar-refractivity contribution in [2.45, 2.75) is 18.8 Å². The summed E-state index contributed by atoms with van der Waals surface area (Å²) in [6.07, 6.45) is -10.9. The number of anilines is 2. The Morgan fingerprint density at radius 2 is 1.89 bits per heavy atom.